The van der Waals surface area contributed by atoms with E-state index in [2.05, 4.69) is 15.5 Å². The monoisotopic (exact) mass is 255 g/mol. The molecule has 0 saturated heterocycles. The molecule has 0 aliphatic rings. The summed E-state index contributed by atoms with van der Waals surface area (Å²) in [6, 6.07) is 0. The summed E-state index contributed by atoms with van der Waals surface area (Å²) in [5.41, 5.74) is -0.638. The maximum absolute atomic E-state index is 11.8. The van der Waals surface area contributed by atoms with Crippen LogP contribution in [0.25, 0.3) is 0 Å². The van der Waals surface area contributed by atoms with Crippen molar-refractivity contribution in [2.75, 3.05) is 6.54 Å². The van der Waals surface area contributed by atoms with E-state index in [-0.39, 0.29) is 6.54 Å². The average Bonchev–Trinajstić information content (AvgIpc) is 2.67. The normalized spacial score (nSPS) is 13.1. The number of hydrogen-bond donors (Lipinski definition) is 2. The van der Waals surface area contributed by atoms with Gasteiger partial charge < -0.3 is 14.9 Å². The average molecular weight is 255 g/mol. The Balaban J connectivity index is 2.50. The SMILES string of the molecule is CC(C)(C)C(C(=O)O)C(=O)NCCc1ncno1. The van der Waals surface area contributed by atoms with Crippen molar-refractivity contribution < 1.29 is 19.2 Å². The van der Waals surface area contributed by atoms with Crippen LogP contribution in [-0.2, 0) is 16.0 Å². The topological polar surface area (TPSA) is 105 Å². The third-order valence-corrected chi connectivity index (χ3v) is 2.42. The summed E-state index contributed by atoms with van der Waals surface area (Å²) in [6.45, 7) is 5.40. The zero-order chi connectivity index (χ0) is 13.8. The first kappa shape index (κ1) is 14.1. The summed E-state index contributed by atoms with van der Waals surface area (Å²) in [5, 5.41) is 15.1. The summed E-state index contributed by atoms with van der Waals surface area (Å²) in [6.07, 6.45) is 1.65. The third kappa shape index (κ3) is 3.83. The maximum Gasteiger partial charge on any atom is 0.316 e. The molecule has 0 radical (unpaired) electrons. The number of nitrogens with one attached hydrogen (secondary N) is 1. The first-order valence-corrected chi connectivity index (χ1v) is 5.58. The van der Waals surface area contributed by atoms with Crippen molar-refractivity contribution in [3.05, 3.63) is 12.2 Å². The van der Waals surface area contributed by atoms with E-state index in [4.69, 9.17) is 9.63 Å². The van der Waals surface area contributed by atoms with Crippen molar-refractivity contribution >= 4 is 11.9 Å². The zero-order valence-electron chi connectivity index (χ0n) is 10.6. The molecule has 2 N–H and O–H groups in total. The Morgan fingerprint density at radius 2 is 2.17 bits per heavy atom. The van der Waals surface area contributed by atoms with Crippen molar-refractivity contribution in [2.24, 2.45) is 11.3 Å². The van der Waals surface area contributed by atoms with Crippen LogP contribution in [-0.4, -0.2) is 33.7 Å². The van der Waals surface area contributed by atoms with Gasteiger partial charge in [-0.15, -0.1) is 0 Å². The number of aliphatic carboxylic acids is 1. The van der Waals surface area contributed by atoms with Crippen molar-refractivity contribution in [2.45, 2.75) is 27.2 Å². The molecule has 0 saturated carbocycles. The summed E-state index contributed by atoms with van der Waals surface area (Å²) in [4.78, 5) is 26.7. The number of carbonyl (C=O) groups excluding carboxylic acids is 1. The van der Waals surface area contributed by atoms with Gasteiger partial charge in [0.05, 0.1) is 0 Å². The lowest BCUT2D eigenvalue weighted by atomic mass is 9.80. The molecule has 1 unspecified atom stereocenters. The standard InChI is InChI=1S/C11H17N3O4/c1-11(2,3)8(10(16)17)9(15)12-5-4-7-13-6-14-18-7/h6,8H,4-5H2,1-3H3,(H,12,15)(H,16,17). The van der Waals surface area contributed by atoms with Gasteiger partial charge in [-0.05, 0) is 5.41 Å². The fourth-order valence-corrected chi connectivity index (χ4v) is 1.58. The minimum absolute atomic E-state index is 0.265. The van der Waals surface area contributed by atoms with Crippen LogP contribution in [0.5, 0.6) is 0 Å². The number of aromatic nitrogens is 2. The molecule has 100 valence electrons. The van der Waals surface area contributed by atoms with Crippen LogP contribution in [0.2, 0.25) is 0 Å². The van der Waals surface area contributed by atoms with Crippen molar-refractivity contribution in [3.63, 3.8) is 0 Å². The van der Waals surface area contributed by atoms with Gasteiger partial charge in [0.2, 0.25) is 11.8 Å². The molecule has 0 aliphatic carbocycles. The van der Waals surface area contributed by atoms with E-state index in [1.165, 1.54) is 6.33 Å². The number of hydrogen-bond acceptors (Lipinski definition) is 5. The second kappa shape index (κ2) is 5.61. The molecule has 1 rings (SSSR count). The Morgan fingerprint density at radius 3 is 2.61 bits per heavy atom. The van der Waals surface area contributed by atoms with E-state index in [0.29, 0.717) is 12.3 Å². The molecule has 7 heteroatoms. The quantitative estimate of drug-likeness (QED) is 0.741. The molecular weight excluding hydrogens is 238 g/mol. The van der Waals surface area contributed by atoms with Gasteiger partial charge in [-0.3, -0.25) is 9.59 Å². The number of rotatable bonds is 5. The molecule has 1 aromatic rings. The highest BCUT2D eigenvalue weighted by Crippen LogP contribution is 2.26. The minimum atomic E-state index is -1.13. The maximum atomic E-state index is 11.8. The molecule has 0 aliphatic heterocycles. The van der Waals surface area contributed by atoms with Crippen molar-refractivity contribution in [3.8, 4) is 0 Å². The Kier molecular flexibility index (Phi) is 4.41. The summed E-state index contributed by atoms with van der Waals surface area (Å²) >= 11 is 0. The molecule has 1 heterocycles. The molecule has 1 amide bonds. The zero-order valence-corrected chi connectivity index (χ0v) is 10.6. The molecule has 0 bridgehead atoms. The van der Waals surface area contributed by atoms with Crippen molar-refractivity contribution in [1.82, 2.24) is 15.5 Å². The molecule has 7 nitrogen and oxygen atoms in total. The molecule has 18 heavy (non-hydrogen) atoms. The van der Waals surface area contributed by atoms with Crippen LogP contribution < -0.4 is 5.32 Å². The third-order valence-electron chi connectivity index (χ3n) is 2.42. The predicted molar refractivity (Wildman–Crippen MR) is 61.6 cm³/mol. The number of carboxylic acid groups (broad SMARTS) is 1. The number of nitrogens with zero attached hydrogens (tertiary/aromatic N) is 2. The van der Waals surface area contributed by atoms with Gasteiger partial charge in [0.25, 0.3) is 0 Å². The molecular formula is C11H17N3O4. The fraction of sp³-hybridized carbons (Fsp3) is 0.636. The van der Waals surface area contributed by atoms with Crippen LogP contribution in [0, 0.1) is 11.3 Å². The van der Waals surface area contributed by atoms with Crippen LogP contribution in [0.4, 0.5) is 0 Å². The van der Waals surface area contributed by atoms with Gasteiger partial charge in [-0.2, -0.15) is 4.98 Å². The van der Waals surface area contributed by atoms with E-state index >= 15 is 0 Å². The van der Waals surface area contributed by atoms with Crippen LogP contribution in [0.15, 0.2) is 10.9 Å². The van der Waals surface area contributed by atoms with Crippen LogP contribution in [0.1, 0.15) is 26.7 Å². The smallest absolute Gasteiger partial charge is 0.316 e. The number of carboxylic acids is 1. The Bertz CT molecular complexity index is 408. The molecule has 1 aromatic heterocycles. The fourth-order valence-electron chi connectivity index (χ4n) is 1.58. The van der Waals surface area contributed by atoms with Crippen LogP contribution in [0.3, 0.4) is 0 Å². The van der Waals surface area contributed by atoms with E-state index in [1.54, 1.807) is 20.8 Å². The molecule has 0 spiro atoms. The predicted octanol–water partition coefficient (Wildman–Crippen LogP) is 0.475. The summed E-state index contributed by atoms with van der Waals surface area (Å²) in [5.74, 6) is -2.31. The molecule has 1 atom stereocenters. The highest BCUT2D eigenvalue weighted by Gasteiger charge is 2.37. The summed E-state index contributed by atoms with van der Waals surface area (Å²) in [7, 11) is 0. The van der Waals surface area contributed by atoms with Gasteiger partial charge in [0, 0.05) is 13.0 Å². The number of amides is 1. The van der Waals surface area contributed by atoms with Gasteiger partial charge in [0.15, 0.2) is 6.33 Å². The van der Waals surface area contributed by atoms with E-state index < -0.39 is 23.2 Å². The highest BCUT2D eigenvalue weighted by atomic mass is 16.5. The van der Waals surface area contributed by atoms with Gasteiger partial charge in [-0.25, -0.2) is 0 Å². The second-order valence-corrected chi connectivity index (χ2v) is 5.01. The Hall–Kier alpha value is -1.92. The summed E-state index contributed by atoms with van der Waals surface area (Å²) < 4.78 is 4.76. The lowest BCUT2D eigenvalue weighted by Gasteiger charge is -2.25. The molecule has 0 aromatic carbocycles. The van der Waals surface area contributed by atoms with E-state index in [1.807, 2.05) is 0 Å². The van der Waals surface area contributed by atoms with E-state index in [0.717, 1.165) is 0 Å². The Morgan fingerprint density at radius 1 is 1.50 bits per heavy atom. The highest BCUT2D eigenvalue weighted by molar-refractivity contribution is 5.97. The second-order valence-electron chi connectivity index (χ2n) is 5.01. The molecule has 0 fully saturated rings. The van der Waals surface area contributed by atoms with Crippen molar-refractivity contribution in [1.29, 1.82) is 0 Å². The first-order valence-electron chi connectivity index (χ1n) is 5.58. The minimum Gasteiger partial charge on any atom is -0.481 e. The van der Waals surface area contributed by atoms with Gasteiger partial charge >= 0.3 is 5.97 Å². The number of carbonyl (C=O) groups is 2. The lowest BCUT2D eigenvalue weighted by molar-refractivity contribution is -0.151. The largest absolute Gasteiger partial charge is 0.481 e. The Labute approximate surface area is 105 Å². The van der Waals surface area contributed by atoms with Gasteiger partial charge in [-0.1, -0.05) is 25.9 Å². The van der Waals surface area contributed by atoms with Gasteiger partial charge in [0.1, 0.15) is 5.92 Å². The van der Waals surface area contributed by atoms with E-state index in [9.17, 15) is 9.59 Å². The lowest BCUT2D eigenvalue weighted by Crippen LogP contribution is -2.43. The van der Waals surface area contributed by atoms with Crippen LogP contribution >= 0.6 is 0 Å². The first-order chi connectivity index (χ1) is 8.32.